The predicted octanol–water partition coefficient (Wildman–Crippen LogP) is 2.41. The molecule has 0 aliphatic rings. The van der Waals surface area contributed by atoms with Crippen molar-refractivity contribution in [3.63, 3.8) is 0 Å². The first-order chi connectivity index (χ1) is 15.0. The number of nitrogens with one attached hydrogen (secondary N) is 1. The lowest BCUT2D eigenvalue weighted by atomic mass is 10.3. The Balaban J connectivity index is 0.00000107. The van der Waals surface area contributed by atoms with Gasteiger partial charge in [0.15, 0.2) is 17.2 Å². The fourth-order valence-electron chi connectivity index (χ4n) is 2.18. The molecule has 0 radical (unpaired) electrons. The van der Waals surface area contributed by atoms with Crippen molar-refractivity contribution in [3.8, 4) is 17.4 Å². The van der Waals surface area contributed by atoms with Crippen LogP contribution in [0.5, 0.6) is 17.4 Å². The SMILES string of the molecule is COC(=O)c1cnc(C(=O)Nc2ccc(Oc3ccccc3OC)nc2)cn1.O=CO. The Morgan fingerprint density at radius 3 is 2.13 bits per heavy atom. The second-order valence-electron chi connectivity index (χ2n) is 5.48. The molecule has 2 aromatic heterocycles. The fraction of sp³-hybridized carbons (Fsp3) is 0.100. The van der Waals surface area contributed by atoms with Crippen molar-refractivity contribution >= 4 is 24.0 Å². The number of carbonyl (C=O) groups is 3. The maximum absolute atomic E-state index is 12.2. The van der Waals surface area contributed by atoms with E-state index in [1.807, 2.05) is 12.1 Å². The molecule has 160 valence electrons. The van der Waals surface area contributed by atoms with Crippen molar-refractivity contribution in [1.82, 2.24) is 15.0 Å². The summed E-state index contributed by atoms with van der Waals surface area (Å²) >= 11 is 0. The zero-order valence-electron chi connectivity index (χ0n) is 16.5. The smallest absolute Gasteiger partial charge is 0.358 e. The van der Waals surface area contributed by atoms with Gasteiger partial charge in [-0.25, -0.2) is 19.7 Å². The van der Waals surface area contributed by atoms with Crippen LogP contribution in [0.2, 0.25) is 0 Å². The summed E-state index contributed by atoms with van der Waals surface area (Å²) < 4.78 is 15.4. The Labute approximate surface area is 176 Å². The van der Waals surface area contributed by atoms with Gasteiger partial charge in [0.05, 0.1) is 38.5 Å². The molecule has 0 atom stereocenters. The van der Waals surface area contributed by atoms with Crippen molar-refractivity contribution in [2.24, 2.45) is 0 Å². The molecule has 0 bridgehead atoms. The van der Waals surface area contributed by atoms with E-state index in [1.165, 1.54) is 25.7 Å². The first-order valence-electron chi connectivity index (χ1n) is 8.58. The molecular weight excluding hydrogens is 408 g/mol. The minimum atomic E-state index is -0.630. The molecule has 0 saturated heterocycles. The topological polar surface area (TPSA) is 150 Å². The van der Waals surface area contributed by atoms with Gasteiger partial charge in [0, 0.05) is 6.07 Å². The van der Waals surface area contributed by atoms with Gasteiger partial charge in [-0.15, -0.1) is 0 Å². The highest BCUT2D eigenvalue weighted by molar-refractivity contribution is 6.02. The highest BCUT2D eigenvalue weighted by atomic mass is 16.5. The lowest BCUT2D eigenvalue weighted by molar-refractivity contribution is -0.122. The van der Waals surface area contributed by atoms with Crippen molar-refractivity contribution in [3.05, 3.63) is 66.4 Å². The summed E-state index contributed by atoms with van der Waals surface area (Å²) in [6, 6.07) is 10.4. The van der Waals surface area contributed by atoms with E-state index >= 15 is 0 Å². The van der Waals surface area contributed by atoms with Crippen LogP contribution in [0.15, 0.2) is 55.0 Å². The normalized spacial score (nSPS) is 9.48. The fourth-order valence-corrected chi connectivity index (χ4v) is 2.18. The maximum atomic E-state index is 12.2. The van der Waals surface area contributed by atoms with E-state index in [0.717, 1.165) is 0 Å². The molecule has 0 saturated carbocycles. The van der Waals surface area contributed by atoms with Gasteiger partial charge in [0.1, 0.15) is 5.69 Å². The first kappa shape index (κ1) is 22.7. The van der Waals surface area contributed by atoms with Crippen LogP contribution in [0.3, 0.4) is 0 Å². The van der Waals surface area contributed by atoms with Gasteiger partial charge in [-0.05, 0) is 18.2 Å². The molecule has 1 aromatic carbocycles. The number of pyridine rings is 1. The number of para-hydroxylation sites is 2. The van der Waals surface area contributed by atoms with Crippen LogP contribution < -0.4 is 14.8 Å². The molecular formula is C20H18N4O7. The van der Waals surface area contributed by atoms with Gasteiger partial charge in [0.25, 0.3) is 12.4 Å². The van der Waals surface area contributed by atoms with Crippen molar-refractivity contribution in [2.75, 3.05) is 19.5 Å². The molecule has 11 nitrogen and oxygen atoms in total. The third kappa shape index (κ3) is 6.49. The number of anilines is 1. The zero-order chi connectivity index (χ0) is 22.6. The van der Waals surface area contributed by atoms with Gasteiger partial charge >= 0.3 is 5.97 Å². The predicted molar refractivity (Wildman–Crippen MR) is 107 cm³/mol. The van der Waals surface area contributed by atoms with E-state index in [1.54, 1.807) is 31.4 Å². The van der Waals surface area contributed by atoms with Gasteiger partial charge in [-0.3, -0.25) is 9.59 Å². The second-order valence-corrected chi connectivity index (χ2v) is 5.48. The standard InChI is InChI=1S/C19H16N4O5.CH2O2/c1-26-15-5-3-4-6-16(15)28-17-8-7-12(9-22-17)23-18(24)13-10-21-14(11-20-13)19(25)27-2;2-1-3/h3-11H,1-2H3,(H,23,24);1H,(H,2,3). The molecule has 3 rings (SSSR count). The van der Waals surface area contributed by atoms with Gasteiger partial charge in [0.2, 0.25) is 5.88 Å². The Hall–Kier alpha value is -4.54. The number of amides is 1. The van der Waals surface area contributed by atoms with Gasteiger partial charge < -0.3 is 24.6 Å². The van der Waals surface area contributed by atoms with Crippen LogP contribution in [0.4, 0.5) is 5.69 Å². The summed E-state index contributed by atoms with van der Waals surface area (Å²) in [7, 11) is 2.79. The van der Waals surface area contributed by atoms with E-state index in [0.29, 0.717) is 23.1 Å². The van der Waals surface area contributed by atoms with Crippen molar-refractivity contribution in [2.45, 2.75) is 0 Å². The number of aromatic nitrogens is 3. The number of benzene rings is 1. The van der Waals surface area contributed by atoms with Gasteiger partial charge in [-0.2, -0.15) is 0 Å². The quantitative estimate of drug-likeness (QED) is 0.444. The molecule has 31 heavy (non-hydrogen) atoms. The molecule has 11 heteroatoms. The largest absolute Gasteiger partial charge is 0.493 e. The molecule has 2 heterocycles. The Morgan fingerprint density at radius 2 is 1.58 bits per heavy atom. The number of nitrogens with zero attached hydrogens (tertiary/aromatic N) is 3. The summed E-state index contributed by atoms with van der Waals surface area (Å²) in [6.07, 6.45) is 3.80. The average molecular weight is 426 g/mol. The molecule has 0 fully saturated rings. The average Bonchev–Trinajstić information content (AvgIpc) is 2.80. The number of methoxy groups -OCH3 is 2. The molecule has 0 aliphatic heterocycles. The Kier molecular flexibility index (Phi) is 8.41. The van der Waals surface area contributed by atoms with E-state index in [4.69, 9.17) is 19.4 Å². The summed E-state index contributed by atoms with van der Waals surface area (Å²) in [4.78, 5) is 43.8. The van der Waals surface area contributed by atoms with Crippen molar-refractivity contribution < 1.29 is 33.7 Å². The number of hydrogen-bond donors (Lipinski definition) is 2. The molecule has 0 spiro atoms. The van der Waals surface area contributed by atoms with Crippen LogP contribution in [0, 0.1) is 0 Å². The van der Waals surface area contributed by atoms with Crippen LogP contribution in [-0.2, 0) is 9.53 Å². The molecule has 2 N–H and O–H groups in total. The Morgan fingerprint density at radius 1 is 0.935 bits per heavy atom. The summed E-state index contributed by atoms with van der Waals surface area (Å²) in [6.45, 7) is -0.250. The Bertz CT molecular complexity index is 1020. The highest BCUT2D eigenvalue weighted by Crippen LogP contribution is 2.30. The zero-order valence-corrected chi connectivity index (χ0v) is 16.5. The minimum Gasteiger partial charge on any atom is -0.493 e. The van der Waals surface area contributed by atoms with E-state index in [9.17, 15) is 9.59 Å². The molecule has 0 unspecified atom stereocenters. The van der Waals surface area contributed by atoms with Crippen LogP contribution in [-0.4, -0.2) is 52.6 Å². The number of hydrogen-bond acceptors (Lipinski definition) is 9. The van der Waals surface area contributed by atoms with Crippen LogP contribution >= 0.6 is 0 Å². The molecule has 0 aliphatic carbocycles. The summed E-state index contributed by atoms with van der Waals surface area (Å²) in [5.41, 5.74) is 0.497. The van der Waals surface area contributed by atoms with Crippen LogP contribution in [0.1, 0.15) is 21.0 Å². The second kappa shape index (κ2) is 11.5. The first-order valence-corrected chi connectivity index (χ1v) is 8.58. The molecule has 3 aromatic rings. The maximum Gasteiger partial charge on any atom is 0.358 e. The van der Waals surface area contributed by atoms with Gasteiger partial charge in [-0.1, -0.05) is 12.1 Å². The summed E-state index contributed by atoms with van der Waals surface area (Å²) in [5, 5.41) is 9.52. The van der Waals surface area contributed by atoms with Crippen molar-refractivity contribution in [1.29, 1.82) is 0 Å². The number of ether oxygens (including phenoxy) is 3. The lowest BCUT2D eigenvalue weighted by Gasteiger charge is -2.10. The number of carbonyl (C=O) groups excluding carboxylic acids is 2. The third-order valence-electron chi connectivity index (χ3n) is 3.56. The number of rotatable bonds is 6. The lowest BCUT2D eigenvalue weighted by Crippen LogP contribution is -2.15. The number of esters is 1. The van der Waals surface area contributed by atoms with E-state index in [2.05, 4.69) is 25.0 Å². The third-order valence-corrected chi connectivity index (χ3v) is 3.56. The monoisotopic (exact) mass is 426 g/mol. The molecule has 1 amide bonds. The minimum absolute atomic E-state index is 0.0126. The summed E-state index contributed by atoms with van der Waals surface area (Å²) in [5.74, 6) is 0.314. The number of carboxylic acid groups (broad SMARTS) is 1. The highest BCUT2D eigenvalue weighted by Gasteiger charge is 2.12. The van der Waals surface area contributed by atoms with Crippen LogP contribution in [0.25, 0.3) is 0 Å². The van der Waals surface area contributed by atoms with E-state index < -0.39 is 11.9 Å². The van der Waals surface area contributed by atoms with E-state index in [-0.39, 0.29) is 17.9 Å².